The number of anilines is 2. The summed E-state index contributed by atoms with van der Waals surface area (Å²) in [4.78, 5) is 12.3. The van der Waals surface area contributed by atoms with Crippen LogP contribution in [0.5, 0.6) is 0 Å². The van der Waals surface area contributed by atoms with Gasteiger partial charge in [-0.1, -0.05) is 41.4 Å². The highest BCUT2D eigenvalue weighted by molar-refractivity contribution is 6.39. The van der Waals surface area contributed by atoms with Gasteiger partial charge < -0.3 is 11.1 Å². The molecule has 0 spiro atoms. The molecule has 5 nitrogen and oxygen atoms in total. The van der Waals surface area contributed by atoms with Crippen LogP contribution in [-0.2, 0) is 0 Å². The Kier molecular flexibility index (Phi) is 4.23. The minimum absolute atomic E-state index is 0.281. The first-order chi connectivity index (χ1) is 11.0. The fraction of sp³-hybridized carbons (Fsp3) is 0. The molecule has 1 aromatic heterocycles. The summed E-state index contributed by atoms with van der Waals surface area (Å²) in [7, 11) is 0. The third kappa shape index (κ3) is 3.31. The quantitative estimate of drug-likeness (QED) is 0.703. The van der Waals surface area contributed by atoms with E-state index in [1.807, 2.05) is 30.3 Å². The molecule has 3 aromatic rings. The van der Waals surface area contributed by atoms with E-state index < -0.39 is 0 Å². The van der Waals surface area contributed by atoms with Crippen LogP contribution in [0.3, 0.4) is 0 Å². The predicted octanol–water partition coefficient (Wildman–Crippen LogP) is 4.01. The number of hydrogen-bond donors (Lipinski definition) is 2. The first-order valence-electron chi connectivity index (χ1n) is 6.70. The van der Waals surface area contributed by atoms with Gasteiger partial charge in [-0.25, -0.2) is 4.68 Å². The van der Waals surface area contributed by atoms with Crippen LogP contribution in [0.2, 0.25) is 10.0 Å². The van der Waals surface area contributed by atoms with Crippen LogP contribution in [0.4, 0.5) is 11.4 Å². The Hall–Kier alpha value is -2.50. The standard InChI is InChI=1S/C16H12Cl2N4O/c17-13-6-11(7-14(18)15(13)19)21-16(23)10-8-20-22(9-10)12-4-2-1-3-5-12/h1-9H,19H2,(H,21,23). The van der Waals surface area contributed by atoms with Crippen LogP contribution in [0.1, 0.15) is 10.4 Å². The summed E-state index contributed by atoms with van der Waals surface area (Å²) in [5.74, 6) is -0.316. The summed E-state index contributed by atoms with van der Waals surface area (Å²) in [5, 5.41) is 7.47. The van der Waals surface area contributed by atoms with E-state index in [0.29, 0.717) is 11.3 Å². The van der Waals surface area contributed by atoms with Crippen molar-refractivity contribution in [2.75, 3.05) is 11.1 Å². The zero-order valence-electron chi connectivity index (χ0n) is 11.8. The number of halogens is 2. The number of carbonyl (C=O) groups excluding carboxylic acids is 1. The Morgan fingerprint density at radius 1 is 1.13 bits per heavy atom. The highest BCUT2D eigenvalue weighted by Gasteiger charge is 2.12. The van der Waals surface area contributed by atoms with E-state index in [1.165, 1.54) is 6.20 Å². The molecular weight excluding hydrogens is 335 g/mol. The number of nitrogens with one attached hydrogen (secondary N) is 1. The molecule has 0 aliphatic rings. The number of para-hydroxylation sites is 1. The molecule has 3 rings (SSSR count). The molecule has 0 fully saturated rings. The van der Waals surface area contributed by atoms with E-state index in [-0.39, 0.29) is 21.6 Å². The van der Waals surface area contributed by atoms with Gasteiger partial charge in [0.05, 0.1) is 33.2 Å². The van der Waals surface area contributed by atoms with E-state index in [2.05, 4.69) is 10.4 Å². The maximum absolute atomic E-state index is 12.3. The normalized spacial score (nSPS) is 10.5. The predicted molar refractivity (Wildman–Crippen MR) is 92.4 cm³/mol. The molecule has 116 valence electrons. The van der Waals surface area contributed by atoms with Crippen LogP contribution in [0.25, 0.3) is 5.69 Å². The number of carbonyl (C=O) groups is 1. The largest absolute Gasteiger partial charge is 0.396 e. The van der Waals surface area contributed by atoms with Crippen molar-refractivity contribution in [2.24, 2.45) is 0 Å². The third-order valence-electron chi connectivity index (χ3n) is 3.20. The molecule has 23 heavy (non-hydrogen) atoms. The Morgan fingerprint density at radius 2 is 1.78 bits per heavy atom. The Labute approximate surface area is 142 Å². The summed E-state index contributed by atoms with van der Waals surface area (Å²) < 4.78 is 1.62. The van der Waals surface area contributed by atoms with Gasteiger partial charge in [0.2, 0.25) is 0 Å². The average Bonchev–Trinajstić information content (AvgIpc) is 3.03. The van der Waals surface area contributed by atoms with Crippen molar-refractivity contribution in [3.63, 3.8) is 0 Å². The van der Waals surface area contributed by atoms with Crippen LogP contribution >= 0.6 is 23.2 Å². The second-order valence-electron chi connectivity index (χ2n) is 4.82. The lowest BCUT2D eigenvalue weighted by Gasteiger charge is -2.07. The molecule has 0 atom stereocenters. The molecule has 0 radical (unpaired) electrons. The van der Waals surface area contributed by atoms with Crippen LogP contribution in [-0.4, -0.2) is 15.7 Å². The number of nitrogens with zero attached hydrogens (tertiary/aromatic N) is 2. The number of benzene rings is 2. The molecule has 0 aliphatic heterocycles. The number of nitrogen functional groups attached to an aromatic ring is 1. The maximum Gasteiger partial charge on any atom is 0.258 e. The SMILES string of the molecule is Nc1c(Cl)cc(NC(=O)c2cnn(-c3ccccc3)c2)cc1Cl. The summed E-state index contributed by atoms with van der Waals surface area (Å²) in [6.07, 6.45) is 3.13. The first kappa shape index (κ1) is 15.4. The Bertz CT molecular complexity index is 839. The summed E-state index contributed by atoms with van der Waals surface area (Å²) in [6, 6.07) is 12.6. The fourth-order valence-corrected chi connectivity index (χ4v) is 2.51. The molecule has 2 aromatic carbocycles. The zero-order valence-corrected chi connectivity index (χ0v) is 13.3. The maximum atomic E-state index is 12.3. The van der Waals surface area contributed by atoms with Gasteiger partial charge in [-0.15, -0.1) is 0 Å². The van der Waals surface area contributed by atoms with Crippen molar-refractivity contribution >= 4 is 40.5 Å². The van der Waals surface area contributed by atoms with Crippen LogP contribution in [0.15, 0.2) is 54.9 Å². The molecule has 1 heterocycles. The molecule has 0 saturated carbocycles. The van der Waals surface area contributed by atoms with Crippen molar-refractivity contribution in [3.05, 3.63) is 70.5 Å². The van der Waals surface area contributed by atoms with E-state index in [9.17, 15) is 4.79 Å². The average molecular weight is 347 g/mol. The number of amides is 1. The highest BCUT2D eigenvalue weighted by Crippen LogP contribution is 2.31. The van der Waals surface area contributed by atoms with E-state index >= 15 is 0 Å². The highest BCUT2D eigenvalue weighted by atomic mass is 35.5. The minimum Gasteiger partial charge on any atom is -0.396 e. The lowest BCUT2D eigenvalue weighted by atomic mass is 10.2. The van der Waals surface area contributed by atoms with Gasteiger partial charge in [0.15, 0.2) is 0 Å². The number of aromatic nitrogens is 2. The Balaban J connectivity index is 1.81. The summed E-state index contributed by atoms with van der Waals surface area (Å²) in [5.41, 5.74) is 7.70. The lowest BCUT2D eigenvalue weighted by Crippen LogP contribution is -2.11. The van der Waals surface area contributed by atoms with E-state index in [0.717, 1.165) is 5.69 Å². The lowest BCUT2D eigenvalue weighted by molar-refractivity contribution is 0.102. The van der Waals surface area contributed by atoms with Crippen molar-refractivity contribution < 1.29 is 4.79 Å². The summed E-state index contributed by atoms with van der Waals surface area (Å²) >= 11 is 11.9. The molecule has 0 unspecified atom stereocenters. The number of nitrogens with two attached hydrogens (primary N) is 1. The van der Waals surface area contributed by atoms with Crippen molar-refractivity contribution in [1.82, 2.24) is 9.78 Å². The van der Waals surface area contributed by atoms with Crippen molar-refractivity contribution in [2.45, 2.75) is 0 Å². The minimum atomic E-state index is -0.316. The third-order valence-corrected chi connectivity index (χ3v) is 3.83. The summed E-state index contributed by atoms with van der Waals surface area (Å²) in [6.45, 7) is 0. The van der Waals surface area contributed by atoms with Gasteiger partial charge in [0.1, 0.15) is 0 Å². The van der Waals surface area contributed by atoms with E-state index in [4.69, 9.17) is 28.9 Å². The molecule has 1 amide bonds. The fourth-order valence-electron chi connectivity index (χ4n) is 2.02. The second kappa shape index (κ2) is 6.32. The Morgan fingerprint density at radius 3 is 2.43 bits per heavy atom. The second-order valence-corrected chi connectivity index (χ2v) is 5.63. The first-order valence-corrected chi connectivity index (χ1v) is 7.46. The zero-order chi connectivity index (χ0) is 16.4. The van der Waals surface area contributed by atoms with Gasteiger partial charge in [-0.2, -0.15) is 5.10 Å². The molecule has 0 aliphatic carbocycles. The molecule has 3 N–H and O–H groups in total. The topological polar surface area (TPSA) is 72.9 Å². The van der Waals surface area contributed by atoms with Gasteiger partial charge >= 0.3 is 0 Å². The van der Waals surface area contributed by atoms with Crippen LogP contribution < -0.4 is 11.1 Å². The molecule has 0 saturated heterocycles. The molecule has 0 bridgehead atoms. The van der Waals surface area contributed by atoms with Gasteiger partial charge in [0, 0.05) is 11.9 Å². The van der Waals surface area contributed by atoms with Gasteiger partial charge in [-0.05, 0) is 24.3 Å². The van der Waals surface area contributed by atoms with E-state index in [1.54, 1.807) is 23.0 Å². The van der Waals surface area contributed by atoms with Crippen molar-refractivity contribution in [1.29, 1.82) is 0 Å². The van der Waals surface area contributed by atoms with Gasteiger partial charge in [0.25, 0.3) is 5.91 Å². The van der Waals surface area contributed by atoms with Gasteiger partial charge in [-0.3, -0.25) is 4.79 Å². The number of hydrogen-bond acceptors (Lipinski definition) is 3. The van der Waals surface area contributed by atoms with Crippen molar-refractivity contribution in [3.8, 4) is 5.69 Å². The number of rotatable bonds is 3. The monoisotopic (exact) mass is 346 g/mol. The molecular formula is C16H12Cl2N4O. The molecule has 7 heteroatoms. The van der Waals surface area contributed by atoms with Crippen LogP contribution in [0, 0.1) is 0 Å². The smallest absolute Gasteiger partial charge is 0.258 e.